The fourth-order valence-electron chi connectivity index (χ4n) is 1.91. The minimum absolute atomic E-state index is 0.0405. The first-order valence-corrected chi connectivity index (χ1v) is 8.74. The third-order valence-corrected chi connectivity index (χ3v) is 4.05. The summed E-state index contributed by atoms with van der Waals surface area (Å²) in [5.74, 6) is 0. The Labute approximate surface area is 128 Å². The van der Waals surface area contributed by atoms with Gasteiger partial charge in [0.1, 0.15) is 5.60 Å². The van der Waals surface area contributed by atoms with E-state index in [2.05, 4.69) is 17.0 Å². The second-order valence-electron chi connectivity index (χ2n) is 5.98. The standard InChI is InChI=1S/C8H19N3O2S.C5H10O2/c1-2-3-4-8-7-10-5-6-11(8)14(9,12)13;1-5(2,3)7-4-6/h8,10H,2-7H2,1H3,(H2,9,12,13);4H,1-3H3. The van der Waals surface area contributed by atoms with Crippen LogP contribution in [0.2, 0.25) is 0 Å². The molecule has 1 unspecified atom stereocenters. The quantitative estimate of drug-likeness (QED) is 0.722. The van der Waals surface area contributed by atoms with Gasteiger partial charge in [0.2, 0.25) is 0 Å². The van der Waals surface area contributed by atoms with Crippen molar-refractivity contribution in [3.8, 4) is 0 Å². The van der Waals surface area contributed by atoms with Crippen LogP contribution >= 0.6 is 0 Å². The second kappa shape index (κ2) is 9.34. The monoisotopic (exact) mass is 323 g/mol. The van der Waals surface area contributed by atoms with Gasteiger partial charge in [0.05, 0.1) is 0 Å². The van der Waals surface area contributed by atoms with E-state index >= 15 is 0 Å². The zero-order valence-corrected chi connectivity index (χ0v) is 14.3. The van der Waals surface area contributed by atoms with E-state index in [0.29, 0.717) is 19.6 Å². The predicted molar refractivity (Wildman–Crippen MR) is 82.9 cm³/mol. The number of hydrogen-bond donors (Lipinski definition) is 2. The van der Waals surface area contributed by atoms with Crippen LogP contribution in [0.5, 0.6) is 0 Å². The van der Waals surface area contributed by atoms with Crippen LogP contribution in [-0.4, -0.2) is 50.5 Å². The Kier molecular flexibility index (Phi) is 9.03. The summed E-state index contributed by atoms with van der Waals surface area (Å²) >= 11 is 0. The topological polar surface area (TPSA) is 102 Å². The van der Waals surface area contributed by atoms with Gasteiger partial charge in [0, 0.05) is 25.7 Å². The number of piperazine rings is 1. The number of carbonyl (C=O) groups excluding carboxylic acids is 1. The van der Waals surface area contributed by atoms with E-state index in [1.165, 1.54) is 4.31 Å². The fourth-order valence-corrected chi connectivity index (χ4v) is 2.85. The SMILES string of the molecule is CC(C)(C)OC=O.CCCCC1CNCCN1S(N)(=O)=O. The summed E-state index contributed by atoms with van der Waals surface area (Å²) in [6.45, 7) is 9.92. The number of nitrogens with two attached hydrogens (primary N) is 1. The van der Waals surface area contributed by atoms with Gasteiger partial charge >= 0.3 is 0 Å². The summed E-state index contributed by atoms with van der Waals surface area (Å²) in [6, 6.07) is 0.0405. The van der Waals surface area contributed by atoms with Crippen LogP contribution < -0.4 is 10.5 Å². The minimum Gasteiger partial charge on any atom is -0.462 e. The van der Waals surface area contributed by atoms with Crippen LogP contribution in [-0.2, 0) is 19.7 Å². The maximum Gasteiger partial charge on any atom is 0.293 e. The van der Waals surface area contributed by atoms with Crippen molar-refractivity contribution >= 4 is 16.7 Å². The van der Waals surface area contributed by atoms with Gasteiger partial charge in [0.25, 0.3) is 16.7 Å². The van der Waals surface area contributed by atoms with Crippen LogP contribution in [0.25, 0.3) is 0 Å². The lowest BCUT2D eigenvalue weighted by atomic mass is 10.1. The van der Waals surface area contributed by atoms with E-state index in [4.69, 9.17) is 5.14 Å². The maximum absolute atomic E-state index is 11.2. The zero-order valence-electron chi connectivity index (χ0n) is 13.5. The first-order chi connectivity index (χ1) is 9.61. The molecule has 1 heterocycles. The highest BCUT2D eigenvalue weighted by molar-refractivity contribution is 7.86. The molecule has 1 rings (SSSR count). The van der Waals surface area contributed by atoms with Crippen molar-refractivity contribution in [3.63, 3.8) is 0 Å². The van der Waals surface area contributed by atoms with Gasteiger partial charge in [-0.1, -0.05) is 19.8 Å². The van der Waals surface area contributed by atoms with Gasteiger partial charge in [-0.3, -0.25) is 4.79 Å². The highest BCUT2D eigenvalue weighted by Crippen LogP contribution is 2.12. The summed E-state index contributed by atoms with van der Waals surface area (Å²) in [4.78, 5) is 9.60. The van der Waals surface area contributed by atoms with Crippen molar-refractivity contribution in [3.05, 3.63) is 0 Å². The highest BCUT2D eigenvalue weighted by atomic mass is 32.2. The van der Waals surface area contributed by atoms with E-state index in [1.807, 2.05) is 20.8 Å². The molecule has 21 heavy (non-hydrogen) atoms. The predicted octanol–water partition coefficient (Wildman–Crippen LogP) is 0.612. The Hall–Kier alpha value is -0.700. The molecular formula is C13H29N3O4S. The highest BCUT2D eigenvalue weighted by Gasteiger charge is 2.28. The first-order valence-electron chi connectivity index (χ1n) is 7.23. The summed E-state index contributed by atoms with van der Waals surface area (Å²) in [6.07, 6.45) is 3.01. The lowest BCUT2D eigenvalue weighted by molar-refractivity contribution is -0.138. The van der Waals surface area contributed by atoms with E-state index in [-0.39, 0.29) is 11.6 Å². The van der Waals surface area contributed by atoms with Gasteiger partial charge in [0.15, 0.2) is 0 Å². The molecule has 1 aliphatic heterocycles. The van der Waals surface area contributed by atoms with Crippen LogP contribution in [0.3, 0.4) is 0 Å². The number of rotatable bonds is 5. The van der Waals surface area contributed by atoms with E-state index in [9.17, 15) is 13.2 Å². The second-order valence-corrected chi connectivity index (χ2v) is 7.48. The number of carbonyl (C=O) groups is 1. The molecule has 1 atom stereocenters. The molecule has 0 amide bonds. The van der Waals surface area contributed by atoms with Crippen LogP contribution in [0, 0.1) is 0 Å². The Morgan fingerprint density at radius 1 is 1.43 bits per heavy atom. The molecular weight excluding hydrogens is 294 g/mol. The van der Waals surface area contributed by atoms with Gasteiger partial charge in [-0.2, -0.15) is 12.7 Å². The lowest BCUT2D eigenvalue weighted by Crippen LogP contribution is -2.55. The van der Waals surface area contributed by atoms with E-state index < -0.39 is 10.2 Å². The summed E-state index contributed by atoms with van der Waals surface area (Å²) in [5.41, 5.74) is -0.318. The van der Waals surface area contributed by atoms with Gasteiger partial charge < -0.3 is 10.1 Å². The molecule has 0 radical (unpaired) electrons. The smallest absolute Gasteiger partial charge is 0.293 e. The maximum atomic E-state index is 11.2. The van der Waals surface area contributed by atoms with E-state index in [1.54, 1.807) is 0 Å². The number of unbranched alkanes of at least 4 members (excludes halogenated alkanes) is 1. The third-order valence-electron chi connectivity index (χ3n) is 2.92. The largest absolute Gasteiger partial charge is 0.462 e. The van der Waals surface area contributed by atoms with E-state index in [0.717, 1.165) is 25.8 Å². The Morgan fingerprint density at radius 3 is 2.43 bits per heavy atom. The Morgan fingerprint density at radius 2 is 2.05 bits per heavy atom. The number of hydrogen-bond acceptors (Lipinski definition) is 5. The van der Waals surface area contributed by atoms with Gasteiger partial charge in [-0.15, -0.1) is 0 Å². The average molecular weight is 323 g/mol. The molecule has 0 spiro atoms. The molecule has 0 aromatic heterocycles. The number of nitrogens with one attached hydrogen (secondary N) is 1. The van der Waals surface area contributed by atoms with Gasteiger partial charge in [-0.05, 0) is 27.2 Å². The Bertz CT molecular complexity index is 393. The number of ether oxygens (including phenoxy) is 1. The minimum atomic E-state index is -3.51. The summed E-state index contributed by atoms with van der Waals surface area (Å²) < 4.78 is 28.4. The molecule has 7 nitrogen and oxygen atoms in total. The molecule has 3 N–H and O–H groups in total. The van der Waals surface area contributed by atoms with Crippen LogP contribution in [0.15, 0.2) is 0 Å². The molecule has 1 fully saturated rings. The van der Waals surface area contributed by atoms with Crippen molar-refractivity contribution in [2.75, 3.05) is 19.6 Å². The average Bonchev–Trinajstić information content (AvgIpc) is 2.35. The molecule has 0 aromatic carbocycles. The fraction of sp³-hybridized carbons (Fsp3) is 0.923. The van der Waals surface area contributed by atoms with Crippen molar-refractivity contribution in [2.24, 2.45) is 5.14 Å². The van der Waals surface area contributed by atoms with Crippen molar-refractivity contribution in [1.82, 2.24) is 9.62 Å². The molecule has 1 aliphatic rings. The zero-order chi connectivity index (χ0) is 16.5. The van der Waals surface area contributed by atoms with Crippen molar-refractivity contribution in [2.45, 2.75) is 58.6 Å². The first kappa shape index (κ1) is 20.3. The van der Waals surface area contributed by atoms with Gasteiger partial charge in [-0.25, -0.2) is 5.14 Å². The summed E-state index contributed by atoms with van der Waals surface area (Å²) in [5, 5.41) is 8.33. The molecule has 0 aliphatic carbocycles. The lowest BCUT2D eigenvalue weighted by Gasteiger charge is -2.33. The molecule has 1 saturated heterocycles. The molecule has 8 heteroatoms. The van der Waals surface area contributed by atoms with Crippen molar-refractivity contribution in [1.29, 1.82) is 0 Å². The van der Waals surface area contributed by atoms with Crippen molar-refractivity contribution < 1.29 is 17.9 Å². The van der Waals surface area contributed by atoms with Crippen LogP contribution in [0.4, 0.5) is 0 Å². The number of nitrogens with zero attached hydrogens (tertiary/aromatic N) is 1. The van der Waals surface area contributed by atoms with Crippen LogP contribution in [0.1, 0.15) is 47.0 Å². The molecule has 0 aromatic rings. The molecule has 0 saturated carbocycles. The molecule has 126 valence electrons. The Balaban J connectivity index is 0.000000486. The summed E-state index contributed by atoms with van der Waals surface area (Å²) in [7, 11) is -3.51. The normalized spacial score (nSPS) is 20.3. The third kappa shape index (κ3) is 9.78. The molecule has 0 bridgehead atoms.